The second kappa shape index (κ2) is 7.47. The fourth-order valence-corrected chi connectivity index (χ4v) is 4.35. The van der Waals surface area contributed by atoms with Crippen LogP contribution in [0.1, 0.15) is 29.4 Å². The van der Waals surface area contributed by atoms with Crippen molar-refractivity contribution < 1.29 is 19.4 Å². The van der Waals surface area contributed by atoms with Crippen LogP contribution in [0.2, 0.25) is 5.02 Å². The third-order valence-electron chi connectivity index (χ3n) is 5.88. The second-order valence-electron chi connectivity index (χ2n) is 7.57. The highest BCUT2D eigenvalue weighted by Crippen LogP contribution is 2.50. The fourth-order valence-electron chi connectivity index (χ4n) is 4.22. The van der Waals surface area contributed by atoms with E-state index in [4.69, 9.17) is 16.3 Å². The minimum atomic E-state index is -0.865. The number of carboxylic acids is 1. The topological polar surface area (TPSA) is 66.8 Å². The molecular formula is C22H22ClNO4. The van der Waals surface area contributed by atoms with Gasteiger partial charge in [0, 0.05) is 29.9 Å². The van der Waals surface area contributed by atoms with Crippen LogP contribution in [0, 0.1) is 11.8 Å². The minimum Gasteiger partial charge on any atom is -0.497 e. The molecule has 1 amide bonds. The number of hydrogen-bond donors (Lipinski definition) is 1. The zero-order valence-corrected chi connectivity index (χ0v) is 16.3. The highest BCUT2D eigenvalue weighted by Gasteiger charge is 2.49. The summed E-state index contributed by atoms with van der Waals surface area (Å²) < 4.78 is 5.27. The van der Waals surface area contributed by atoms with Gasteiger partial charge in [-0.25, -0.2) is 0 Å². The Morgan fingerprint density at radius 1 is 1.04 bits per heavy atom. The quantitative estimate of drug-likeness (QED) is 0.830. The SMILES string of the molecule is COc1cccc(C2CC2C(=O)N2C[C@@H](C(=O)O)[C@H](c3ccc(Cl)cc3)C2)c1. The fraction of sp³-hybridized carbons (Fsp3) is 0.364. The molecule has 2 fully saturated rings. The van der Waals surface area contributed by atoms with Crippen molar-refractivity contribution in [2.75, 3.05) is 20.2 Å². The van der Waals surface area contributed by atoms with Crippen LogP contribution in [0.3, 0.4) is 0 Å². The Balaban J connectivity index is 1.48. The van der Waals surface area contributed by atoms with Gasteiger partial charge in [-0.15, -0.1) is 0 Å². The Morgan fingerprint density at radius 2 is 1.79 bits per heavy atom. The van der Waals surface area contributed by atoms with Gasteiger partial charge in [0.2, 0.25) is 5.91 Å². The highest BCUT2D eigenvalue weighted by atomic mass is 35.5. The van der Waals surface area contributed by atoms with Gasteiger partial charge in [-0.2, -0.15) is 0 Å². The van der Waals surface area contributed by atoms with E-state index in [2.05, 4.69) is 0 Å². The van der Waals surface area contributed by atoms with E-state index in [9.17, 15) is 14.7 Å². The molecule has 2 aromatic carbocycles. The van der Waals surface area contributed by atoms with Crippen molar-refractivity contribution >= 4 is 23.5 Å². The maximum absolute atomic E-state index is 13.0. The van der Waals surface area contributed by atoms with E-state index in [1.807, 2.05) is 36.4 Å². The first kappa shape index (κ1) is 18.8. The van der Waals surface area contributed by atoms with E-state index < -0.39 is 11.9 Å². The number of aliphatic carboxylic acids is 1. The zero-order chi connectivity index (χ0) is 19.8. The van der Waals surface area contributed by atoms with Gasteiger partial charge in [-0.05, 0) is 47.7 Å². The van der Waals surface area contributed by atoms with Crippen LogP contribution in [0.25, 0.3) is 0 Å². The standard InChI is InChI=1S/C22H22ClNO4/c1-28-16-4-2-3-14(9-16)17-10-18(17)21(25)24-11-19(20(12-24)22(26)27)13-5-7-15(23)8-6-13/h2-9,17-20H,10-12H2,1H3,(H,26,27)/t17?,18?,19-,20+/m0/s1. The molecule has 2 unspecified atom stereocenters. The summed E-state index contributed by atoms with van der Waals surface area (Å²) >= 11 is 5.95. The Labute approximate surface area is 168 Å². The lowest BCUT2D eigenvalue weighted by Crippen LogP contribution is -2.31. The molecule has 2 aromatic rings. The highest BCUT2D eigenvalue weighted by molar-refractivity contribution is 6.30. The Bertz CT molecular complexity index is 898. The molecule has 1 saturated carbocycles. The Morgan fingerprint density at radius 3 is 2.46 bits per heavy atom. The number of likely N-dealkylation sites (tertiary alicyclic amines) is 1. The third kappa shape index (κ3) is 3.59. The number of carbonyl (C=O) groups is 2. The van der Waals surface area contributed by atoms with Gasteiger partial charge in [0.25, 0.3) is 0 Å². The van der Waals surface area contributed by atoms with Crippen molar-refractivity contribution in [1.29, 1.82) is 0 Å². The summed E-state index contributed by atoms with van der Waals surface area (Å²) in [5.74, 6) is -0.741. The first-order chi connectivity index (χ1) is 13.5. The maximum atomic E-state index is 13.0. The van der Waals surface area contributed by atoms with Crippen LogP contribution < -0.4 is 4.74 Å². The van der Waals surface area contributed by atoms with Gasteiger partial charge in [0.1, 0.15) is 5.75 Å². The molecule has 1 N–H and O–H groups in total. The molecule has 1 saturated heterocycles. The number of carbonyl (C=O) groups excluding carboxylic acids is 1. The van der Waals surface area contributed by atoms with Crippen LogP contribution in [-0.4, -0.2) is 42.1 Å². The summed E-state index contributed by atoms with van der Waals surface area (Å²) in [4.78, 5) is 26.5. The molecule has 146 valence electrons. The van der Waals surface area contributed by atoms with Gasteiger partial charge < -0.3 is 14.7 Å². The molecule has 6 heteroatoms. The van der Waals surface area contributed by atoms with E-state index in [1.54, 1.807) is 24.1 Å². The molecule has 4 rings (SSSR count). The van der Waals surface area contributed by atoms with Crippen LogP contribution in [0.4, 0.5) is 0 Å². The van der Waals surface area contributed by atoms with Crippen molar-refractivity contribution in [3.63, 3.8) is 0 Å². The lowest BCUT2D eigenvalue weighted by Gasteiger charge is -2.17. The number of nitrogens with zero attached hydrogens (tertiary/aromatic N) is 1. The number of halogens is 1. The lowest BCUT2D eigenvalue weighted by atomic mass is 9.89. The average Bonchev–Trinajstić information content (AvgIpc) is 3.38. The number of rotatable bonds is 5. The van der Waals surface area contributed by atoms with Crippen LogP contribution in [0.15, 0.2) is 48.5 Å². The number of methoxy groups -OCH3 is 1. The lowest BCUT2D eigenvalue weighted by molar-refractivity contribution is -0.142. The van der Waals surface area contributed by atoms with Crippen molar-refractivity contribution in [1.82, 2.24) is 4.90 Å². The van der Waals surface area contributed by atoms with Gasteiger partial charge >= 0.3 is 5.97 Å². The first-order valence-corrected chi connectivity index (χ1v) is 9.76. The van der Waals surface area contributed by atoms with E-state index >= 15 is 0 Å². The van der Waals surface area contributed by atoms with Gasteiger partial charge in [-0.3, -0.25) is 9.59 Å². The van der Waals surface area contributed by atoms with E-state index in [-0.39, 0.29) is 30.2 Å². The molecule has 0 spiro atoms. The summed E-state index contributed by atoms with van der Waals surface area (Å²) in [6.07, 6.45) is 0.797. The van der Waals surface area contributed by atoms with Crippen LogP contribution in [-0.2, 0) is 9.59 Å². The third-order valence-corrected chi connectivity index (χ3v) is 6.13. The van der Waals surface area contributed by atoms with Crippen molar-refractivity contribution in [2.24, 2.45) is 11.8 Å². The molecule has 0 radical (unpaired) electrons. The normalized spacial score (nSPS) is 26.1. The number of carboxylic acid groups (broad SMARTS) is 1. The van der Waals surface area contributed by atoms with E-state index in [0.717, 1.165) is 23.3 Å². The number of benzene rings is 2. The molecule has 28 heavy (non-hydrogen) atoms. The van der Waals surface area contributed by atoms with E-state index in [1.165, 1.54) is 0 Å². The zero-order valence-electron chi connectivity index (χ0n) is 15.5. The maximum Gasteiger partial charge on any atom is 0.308 e. The predicted octanol–water partition coefficient (Wildman–Crippen LogP) is 3.78. The number of amides is 1. The largest absolute Gasteiger partial charge is 0.497 e. The summed E-state index contributed by atoms with van der Waals surface area (Å²) in [5, 5.41) is 10.3. The molecule has 2 aliphatic rings. The van der Waals surface area contributed by atoms with Crippen molar-refractivity contribution in [3.05, 3.63) is 64.7 Å². The smallest absolute Gasteiger partial charge is 0.308 e. The molecule has 0 bridgehead atoms. The Kier molecular flexibility index (Phi) is 5.02. The summed E-state index contributed by atoms with van der Waals surface area (Å²) in [5.41, 5.74) is 2.01. The molecule has 0 aromatic heterocycles. The van der Waals surface area contributed by atoms with Crippen molar-refractivity contribution in [3.8, 4) is 5.75 Å². The summed E-state index contributed by atoms with van der Waals surface area (Å²) in [6.45, 7) is 0.682. The minimum absolute atomic E-state index is 0.0514. The van der Waals surface area contributed by atoms with Crippen molar-refractivity contribution in [2.45, 2.75) is 18.3 Å². The van der Waals surface area contributed by atoms with E-state index in [0.29, 0.717) is 11.6 Å². The number of ether oxygens (including phenoxy) is 1. The molecule has 5 nitrogen and oxygen atoms in total. The molecular weight excluding hydrogens is 378 g/mol. The molecule has 4 atom stereocenters. The Hall–Kier alpha value is -2.53. The average molecular weight is 400 g/mol. The van der Waals surface area contributed by atoms with Crippen LogP contribution >= 0.6 is 11.6 Å². The monoisotopic (exact) mass is 399 g/mol. The van der Waals surface area contributed by atoms with Crippen LogP contribution in [0.5, 0.6) is 5.75 Å². The molecule has 1 aliphatic heterocycles. The summed E-state index contributed by atoms with van der Waals surface area (Å²) in [6, 6.07) is 15.0. The number of hydrogen-bond acceptors (Lipinski definition) is 3. The van der Waals surface area contributed by atoms with Gasteiger partial charge in [0.15, 0.2) is 0 Å². The molecule has 1 heterocycles. The second-order valence-corrected chi connectivity index (χ2v) is 8.01. The first-order valence-electron chi connectivity index (χ1n) is 9.39. The summed E-state index contributed by atoms with van der Waals surface area (Å²) in [7, 11) is 1.63. The van der Waals surface area contributed by atoms with Gasteiger partial charge in [0.05, 0.1) is 13.0 Å². The predicted molar refractivity (Wildman–Crippen MR) is 106 cm³/mol. The molecule has 1 aliphatic carbocycles. The van der Waals surface area contributed by atoms with Gasteiger partial charge in [-0.1, -0.05) is 35.9 Å².